The molecule has 2 aromatic rings. The van der Waals surface area contributed by atoms with Gasteiger partial charge in [0.15, 0.2) is 0 Å². The van der Waals surface area contributed by atoms with Crippen molar-refractivity contribution >= 4 is 17.0 Å². The summed E-state index contributed by atoms with van der Waals surface area (Å²) in [5.74, 6) is 0. The lowest BCUT2D eigenvalue weighted by atomic mass is 9.91. The fourth-order valence-electron chi connectivity index (χ4n) is 4.14. The highest BCUT2D eigenvalue weighted by Crippen LogP contribution is 2.40. The van der Waals surface area contributed by atoms with E-state index in [4.69, 9.17) is 0 Å². The molecule has 140 valence electrons. The molecule has 1 heterocycles. The van der Waals surface area contributed by atoms with Crippen LogP contribution >= 0.6 is 11.3 Å². The number of benzene rings is 1. The van der Waals surface area contributed by atoms with Gasteiger partial charge in [0, 0.05) is 40.5 Å². The molecular weight excluding hydrogens is 334 g/mol. The number of hydrogen-bond donors (Lipinski definition) is 0. The number of hydrogen-bond acceptors (Lipinski definition) is 2. The monoisotopic (exact) mass is 367 g/mol. The summed E-state index contributed by atoms with van der Waals surface area (Å²) in [6.07, 6.45) is 8.57. The van der Waals surface area contributed by atoms with Gasteiger partial charge in [-0.15, -0.1) is 11.3 Å². The number of fused-ring (bicyclic) bond motifs is 1. The summed E-state index contributed by atoms with van der Waals surface area (Å²) in [4.78, 5) is 5.69. The second-order valence-corrected chi connectivity index (χ2v) is 8.74. The van der Waals surface area contributed by atoms with Crippen LogP contribution in [0.5, 0.6) is 0 Å². The SMILES string of the molecule is C=C(c1c(Cc2ccccc2C)sc2c1CCCC2)N(CCC)CCC. The van der Waals surface area contributed by atoms with Gasteiger partial charge in [-0.05, 0) is 62.1 Å². The summed E-state index contributed by atoms with van der Waals surface area (Å²) in [5, 5.41) is 0. The zero-order chi connectivity index (χ0) is 18.5. The Balaban J connectivity index is 2.00. The molecule has 26 heavy (non-hydrogen) atoms. The smallest absolute Gasteiger partial charge is 0.0381 e. The Labute approximate surface area is 163 Å². The first-order chi connectivity index (χ1) is 12.7. The third-order valence-electron chi connectivity index (χ3n) is 5.51. The van der Waals surface area contributed by atoms with Gasteiger partial charge in [0.25, 0.3) is 0 Å². The van der Waals surface area contributed by atoms with Crippen LogP contribution in [0.2, 0.25) is 0 Å². The van der Waals surface area contributed by atoms with Gasteiger partial charge in [-0.3, -0.25) is 0 Å². The van der Waals surface area contributed by atoms with Crippen LogP contribution in [0.1, 0.15) is 71.5 Å². The highest BCUT2D eigenvalue weighted by Gasteiger charge is 2.24. The number of thiophene rings is 1. The molecule has 0 fully saturated rings. The zero-order valence-corrected chi connectivity index (χ0v) is 17.6. The van der Waals surface area contributed by atoms with Crippen molar-refractivity contribution in [3.63, 3.8) is 0 Å². The fraction of sp³-hybridized carbons (Fsp3) is 0.500. The second kappa shape index (κ2) is 8.90. The summed E-state index contributed by atoms with van der Waals surface area (Å²) < 4.78 is 0. The van der Waals surface area contributed by atoms with Crippen molar-refractivity contribution in [2.45, 2.75) is 65.7 Å². The molecule has 0 N–H and O–H groups in total. The van der Waals surface area contributed by atoms with Crippen LogP contribution in [0.3, 0.4) is 0 Å². The minimum Gasteiger partial charge on any atom is -0.372 e. The van der Waals surface area contributed by atoms with Gasteiger partial charge in [0.2, 0.25) is 0 Å². The maximum Gasteiger partial charge on any atom is 0.0381 e. The van der Waals surface area contributed by atoms with E-state index >= 15 is 0 Å². The second-order valence-electron chi connectivity index (χ2n) is 7.55. The molecule has 0 amide bonds. The predicted octanol–water partition coefficient (Wildman–Crippen LogP) is 6.62. The summed E-state index contributed by atoms with van der Waals surface area (Å²) in [7, 11) is 0. The van der Waals surface area contributed by atoms with E-state index in [1.54, 1.807) is 10.4 Å². The van der Waals surface area contributed by atoms with Crippen LogP contribution in [-0.4, -0.2) is 18.0 Å². The predicted molar refractivity (Wildman–Crippen MR) is 116 cm³/mol. The van der Waals surface area contributed by atoms with Crippen molar-refractivity contribution < 1.29 is 0 Å². The Bertz CT molecular complexity index is 750. The largest absolute Gasteiger partial charge is 0.372 e. The number of nitrogens with zero attached hydrogens (tertiary/aromatic N) is 1. The van der Waals surface area contributed by atoms with Crippen molar-refractivity contribution in [3.05, 3.63) is 62.9 Å². The van der Waals surface area contributed by atoms with E-state index in [9.17, 15) is 0 Å². The van der Waals surface area contributed by atoms with E-state index in [0.717, 1.165) is 19.5 Å². The summed E-state index contributed by atoms with van der Waals surface area (Å²) >= 11 is 2.06. The molecule has 3 rings (SSSR count). The van der Waals surface area contributed by atoms with E-state index in [0.29, 0.717) is 0 Å². The Morgan fingerprint density at radius 2 is 1.77 bits per heavy atom. The van der Waals surface area contributed by atoms with E-state index in [2.05, 4.69) is 67.9 Å². The Kier molecular flexibility index (Phi) is 6.58. The number of aryl methyl sites for hydroxylation is 2. The van der Waals surface area contributed by atoms with Gasteiger partial charge in [0.05, 0.1) is 0 Å². The molecule has 1 aliphatic carbocycles. The highest BCUT2D eigenvalue weighted by atomic mass is 32.1. The van der Waals surface area contributed by atoms with E-state index in [1.165, 1.54) is 65.8 Å². The third kappa shape index (κ3) is 4.06. The molecule has 0 bridgehead atoms. The standard InChI is InChI=1S/C24H33NS/c1-5-15-25(16-6-2)19(4)24-21-13-9-10-14-22(21)26-23(24)17-20-12-8-7-11-18(20)3/h7-8,11-12H,4-6,9-10,13-17H2,1-3H3. The summed E-state index contributed by atoms with van der Waals surface area (Å²) in [6.45, 7) is 13.6. The van der Waals surface area contributed by atoms with Crippen LogP contribution in [0, 0.1) is 6.92 Å². The Hall–Kier alpha value is -1.54. The van der Waals surface area contributed by atoms with Crippen LogP contribution in [0.15, 0.2) is 30.8 Å². The van der Waals surface area contributed by atoms with Gasteiger partial charge in [0.1, 0.15) is 0 Å². The Morgan fingerprint density at radius 1 is 1.08 bits per heavy atom. The van der Waals surface area contributed by atoms with Gasteiger partial charge >= 0.3 is 0 Å². The topological polar surface area (TPSA) is 3.24 Å². The van der Waals surface area contributed by atoms with Crippen molar-refractivity contribution in [2.75, 3.05) is 13.1 Å². The molecule has 1 aromatic carbocycles. The van der Waals surface area contributed by atoms with Crippen molar-refractivity contribution in [2.24, 2.45) is 0 Å². The highest BCUT2D eigenvalue weighted by molar-refractivity contribution is 7.12. The zero-order valence-electron chi connectivity index (χ0n) is 16.7. The van der Waals surface area contributed by atoms with Crippen LogP contribution < -0.4 is 0 Å². The molecule has 1 aliphatic rings. The minimum absolute atomic E-state index is 1.05. The molecular formula is C24H33NS. The average molecular weight is 368 g/mol. The molecule has 0 saturated heterocycles. The maximum absolute atomic E-state index is 4.60. The van der Waals surface area contributed by atoms with Crippen molar-refractivity contribution in [1.82, 2.24) is 4.90 Å². The molecule has 1 nitrogen and oxygen atoms in total. The van der Waals surface area contributed by atoms with Crippen LogP contribution in [0.25, 0.3) is 5.70 Å². The fourth-order valence-corrected chi connectivity index (χ4v) is 5.59. The quantitative estimate of drug-likeness (QED) is 0.507. The first kappa shape index (κ1) is 19.2. The minimum atomic E-state index is 1.05. The van der Waals surface area contributed by atoms with E-state index < -0.39 is 0 Å². The molecule has 0 unspecified atom stereocenters. The normalized spacial score (nSPS) is 13.5. The van der Waals surface area contributed by atoms with Crippen LogP contribution in [-0.2, 0) is 19.3 Å². The van der Waals surface area contributed by atoms with Gasteiger partial charge < -0.3 is 4.90 Å². The third-order valence-corrected chi connectivity index (χ3v) is 6.81. The lowest BCUT2D eigenvalue weighted by Crippen LogP contribution is -2.24. The molecule has 0 atom stereocenters. The Morgan fingerprint density at radius 3 is 2.46 bits per heavy atom. The van der Waals surface area contributed by atoms with Crippen LogP contribution in [0.4, 0.5) is 0 Å². The lowest BCUT2D eigenvalue weighted by Gasteiger charge is -2.28. The summed E-state index contributed by atoms with van der Waals surface area (Å²) in [6, 6.07) is 8.83. The molecule has 0 radical (unpaired) electrons. The molecule has 0 saturated carbocycles. The molecule has 2 heteroatoms. The molecule has 1 aromatic heterocycles. The summed E-state index contributed by atoms with van der Waals surface area (Å²) in [5.41, 5.74) is 7.24. The average Bonchev–Trinajstić information content (AvgIpc) is 3.01. The maximum atomic E-state index is 4.60. The van der Waals surface area contributed by atoms with Crippen molar-refractivity contribution in [1.29, 1.82) is 0 Å². The van der Waals surface area contributed by atoms with E-state index in [1.807, 2.05) is 0 Å². The van der Waals surface area contributed by atoms with Gasteiger partial charge in [-0.1, -0.05) is 44.7 Å². The number of rotatable bonds is 8. The van der Waals surface area contributed by atoms with Gasteiger partial charge in [-0.25, -0.2) is 0 Å². The molecule has 0 aliphatic heterocycles. The van der Waals surface area contributed by atoms with Crippen molar-refractivity contribution in [3.8, 4) is 0 Å². The van der Waals surface area contributed by atoms with Gasteiger partial charge in [-0.2, -0.15) is 0 Å². The first-order valence-electron chi connectivity index (χ1n) is 10.3. The first-order valence-corrected chi connectivity index (χ1v) is 11.1. The van der Waals surface area contributed by atoms with E-state index in [-0.39, 0.29) is 0 Å². The molecule has 0 spiro atoms. The lowest BCUT2D eigenvalue weighted by molar-refractivity contribution is 0.396.